The fourth-order valence-electron chi connectivity index (χ4n) is 5.57. The molecule has 14 heteroatoms. The topological polar surface area (TPSA) is 104 Å². The molecule has 2 aromatic rings. The number of sulfonamides is 1. The van der Waals surface area contributed by atoms with Gasteiger partial charge in [0, 0.05) is 59.2 Å². The molecule has 0 aliphatic carbocycles. The summed E-state index contributed by atoms with van der Waals surface area (Å²) >= 11 is 0. The normalized spacial score (nSPS) is 19.9. The lowest BCUT2D eigenvalue weighted by Gasteiger charge is -2.43. The first-order valence-electron chi connectivity index (χ1n) is 14.4. The van der Waals surface area contributed by atoms with E-state index in [2.05, 4.69) is 6.92 Å². The summed E-state index contributed by atoms with van der Waals surface area (Å²) < 4.78 is 107. The van der Waals surface area contributed by atoms with Crippen LogP contribution in [0.1, 0.15) is 68.9 Å². The van der Waals surface area contributed by atoms with Gasteiger partial charge in [0.25, 0.3) is 0 Å². The molecule has 1 unspecified atom stereocenters. The highest BCUT2D eigenvalue weighted by molar-refractivity contribution is 7.88. The number of unbranched alkanes of at least 4 members (excludes halogenated alkanes) is 2. The maximum atomic E-state index is 13.0. The minimum Gasteiger partial charge on any atom is -0.508 e. The highest BCUT2D eigenvalue weighted by Gasteiger charge is 2.56. The van der Waals surface area contributed by atoms with Gasteiger partial charge >= 0.3 is 12.1 Å². The molecule has 2 N–H and O–H groups in total. The van der Waals surface area contributed by atoms with Crippen LogP contribution in [0, 0.1) is 0 Å². The number of alkyl halides is 5. The summed E-state index contributed by atoms with van der Waals surface area (Å²) in [6.07, 6.45) is -3.59. The summed E-state index contributed by atoms with van der Waals surface area (Å²) in [6.45, 7) is 2.76. The van der Waals surface area contributed by atoms with Crippen molar-refractivity contribution in [1.29, 1.82) is 0 Å². The minimum absolute atomic E-state index is 0.00182. The third kappa shape index (κ3) is 9.53. The third-order valence-corrected chi connectivity index (χ3v) is 10.9. The Hall–Kier alpha value is -2.45. The van der Waals surface area contributed by atoms with E-state index in [1.54, 1.807) is 24.3 Å². The Bertz CT molecular complexity index is 1370. The monoisotopic (exact) mass is 669 g/mol. The van der Waals surface area contributed by atoms with E-state index in [4.69, 9.17) is 4.74 Å². The quantitative estimate of drug-likeness (QED) is 0.157. The fraction of sp³-hybridized carbons (Fsp3) is 0.600. The summed E-state index contributed by atoms with van der Waals surface area (Å²) in [5.41, 5.74) is 1.53. The molecule has 2 aromatic carbocycles. The number of rotatable bonds is 16. The van der Waals surface area contributed by atoms with E-state index in [0.717, 1.165) is 30.2 Å². The predicted octanol–water partition coefficient (Wildman–Crippen LogP) is 6.47. The molecule has 0 radical (unpaired) electrons. The number of benzene rings is 2. The van der Waals surface area contributed by atoms with Gasteiger partial charge in [-0.25, -0.2) is 12.7 Å². The van der Waals surface area contributed by atoms with Crippen molar-refractivity contribution < 1.29 is 49.5 Å². The first kappa shape index (κ1) is 36.0. The van der Waals surface area contributed by atoms with Crippen LogP contribution in [0.15, 0.2) is 42.5 Å². The van der Waals surface area contributed by atoms with Crippen LogP contribution in [0.25, 0.3) is 0 Å². The SMILES string of the molecule is C[C@]1(c2ccc(O)cc2)COc2cc(O)ccc2[C@H]1CCCCCN(CCCS(=O)CCCC(F)(F)C(F)(F)F)S(C)(=O)=O. The molecule has 1 aliphatic heterocycles. The number of hydrogen-bond acceptors (Lipinski definition) is 6. The zero-order valence-corrected chi connectivity index (χ0v) is 26.4. The lowest BCUT2D eigenvalue weighted by atomic mass is 9.66. The van der Waals surface area contributed by atoms with E-state index in [1.807, 2.05) is 18.2 Å². The lowest BCUT2D eigenvalue weighted by Crippen LogP contribution is -2.40. The molecule has 1 heterocycles. The Morgan fingerprint density at radius 1 is 0.932 bits per heavy atom. The van der Waals surface area contributed by atoms with Crippen LogP contribution in [0.2, 0.25) is 0 Å². The maximum absolute atomic E-state index is 13.0. The van der Waals surface area contributed by atoms with Gasteiger partial charge in [0.1, 0.15) is 17.2 Å². The van der Waals surface area contributed by atoms with Gasteiger partial charge in [-0.05, 0) is 55.0 Å². The van der Waals surface area contributed by atoms with E-state index in [0.29, 0.717) is 25.2 Å². The number of hydrogen-bond donors (Lipinski definition) is 2. The summed E-state index contributed by atoms with van der Waals surface area (Å²) in [4.78, 5) is 0. The Morgan fingerprint density at radius 2 is 1.55 bits per heavy atom. The molecule has 3 rings (SSSR count). The van der Waals surface area contributed by atoms with Crippen LogP contribution in [0.4, 0.5) is 22.0 Å². The van der Waals surface area contributed by atoms with E-state index in [-0.39, 0.29) is 48.4 Å². The Labute approximate surface area is 257 Å². The standard InChI is InChI=1S/C30H40F5NO6S2/c1-28(22-9-11-23(37)12-10-22)21-42-27-20-24(38)13-14-25(27)26(28)8-4-3-5-16-36(44(2,40)41)17-7-19-43(39)18-6-15-29(31,32)30(33,34)35/h9-14,20,26,37-38H,3-8,15-19,21H2,1-2H3/t26-,28-,43?/m1/s1. The van der Waals surface area contributed by atoms with E-state index >= 15 is 0 Å². The number of phenolic OH excluding ortho intramolecular Hbond substituents is 2. The molecule has 0 aromatic heterocycles. The van der Waals surface area contributed by atoms with Gasteiger partial charge in [0.15, 0.2) is 0 Å². The molecule has 0 fully saturated rings. The zero-order chi connectivity index (χ0) is 32.8. The van der Waals surface area contributed by atoms with Crippen LogP contribution in [-0.2, 0) is 26.2 Å². The molecule has 44 heavy (non-hydrogen) atoms. The number of halogens is 5. The van der Waals surface area contributed by atoms with E-state index in [9.17, 15) is 44.8 Å². The van der Waals surface area contributed by atoms with Crippen molar-refractivity contribution in [3.63, 3.8) is 0 Å². The molecule has 0 bridgehead atoms. The molecule has 3 atom stereocenters. The van der Waals surface area contributed by atoms with Crippen LogP contribution in [0.5, 0.6) is 17.2 Å². The highest BCUT2D eigenvalue weighted by Crippen LogP contribution is 2.49. The Balaban J connectivity index is 1.52. The number of nitrogens with zero attached hydrogens (tertiary/aromatic N) is 1. The second kappa shape index (κ2) is 14.8. The van der Waals surface area contributed by atoms with Crippen LogP contribution in [0.3, 0.4) is 0 Å². The molecule has 7 nitrogen and oxygen atoms in total. The molecule has 0 amide bonds. The molecule has 248 valence electrons. The summed E-state index contributed by atoms with van der Waals surface area (Å²) in [5.74, 6) is -4.26. The number of phenols is 2. The number of fused-ring (bicyclic) bond motifs is 1. The van der Waals surface area contributed by atoms with E-state index in [1.165, 1.54) is 4.31 Å². The highest BCUT2D eigenvalue weighted by atomic mass is 32.2. The lowest BCUT2D eigenvalue weighted by molar-refractivity contribution is -0.284. The van der Waals surface area contributed by atoms with Crippen molar-refractivity contribution in [2.24, 2.45) is 0 Å². The predicted molar refractivity (Wildman–Crippen MR) is 159 cm³/mol. The molecule has 1 aliphatic rings. The number of ether oxygens (including phenoxy) is 1. The molecular formula is C30H40F5NO6S2. The van der Waals surface area contributed by atoms with Gasteiger partial charge < -0.3 is 14.9 Å². The first-order valence-corrected chi connectivity index (χ1v) is 17.8. The van der Waals surface area contributed by atoms with Gasteiger partial charge in [-0.2, -0.15) is 22.0 Å². The summed E-state index contributed by atoms with van der Waals surface area (Å²) in [7, 11) is -5.22. The van der Waals surface area contributed by atoms with Gasteiger partial charge in [0.2, 0.25) is 10.0 Å². The van der Waals surface area contributed by atoms with Crippen molar-refractivity contribution in [3.05, 3.63) is 53.6 Å². The molecule has 0 saturated heterocycles. The van der Waals surface area contributed by atoms with Gasteiger partial charge in [-0.15, -0.1) is 0 Å². The zero-order valence-electron chi connectivity index (χ0n) is 24.8. The molecular weight excluding hydrogens is 629 g/mol. The summed E-state index contributed by atoms with van der Waals surface area (Å²) in [5, 5.41) is 19.7. The fourth-order valence-corrected chi connectivity index (χ4v) is 7.61. The number of aromatic hydroxyl groups is 2. The largest absolute Gasteiger partial charge is 0.508 e. The molecule has 0 spiro atoms. The van der Waals surface area contributed by atoms with Crippen LogP contribution < -0.4 is 4.74 Å². The first-order chi connectivity index (χ1) is 20.4. The van der Waals surface area contributed by atoms with Gasteiger partial charge in [-0.1, -0.05) is 38.0 Å². The van der Waals surface area contributed by atoms with Gasteiger partial charge in [0.05, 0.1) is 12.9 Å². The van der Waals surface area contributed by atoms with Crippen LogP contribution >= 0.6 is 0 Å². The van der Waals surface area contributed by atoms with Crippen molar-refractivity contribution in [2.45, 2.75) is 75.3 Å². The smallest absolute Gasteiger partial charge is 0.453 e. The second-order valence-electron chi connectivity index (χ2n) is 11.5. The van der Waals surface area contributed by atoms with Crippen molar-refractivity contribution in [1.82, 2.24) is 4.31 Å². The van der Waals surface area contributed by atoms with Crippen molar-refractivity contribution in [3.8, 4) is 17.2 Å². The molecule has 0 saturated carbocycles. The third-order valence-electron chi connectivity index (χ3n) is 8.12. The minimum atomic E-state index is -5.64. The second-order valence-corrected chi connectivity index (χ2v) is 15.2. The maximum Gasteiger partial charge on any atom is 0.453 e. The van der Waals surface area contributed by atoms with Crippen molar-refractivity contribution in [2.75, 3.05) is 37.5 Å². The van der Waals surface area contributed by atoms with E-state index < -0.39 is 51.2 Å². The average Bonchev–Trinajstić information content (AvgIpc) is 2.92. The van der Waals surface area contributed by atoms with Gasteiger partial charge in [-0.3, -0.25) is 4.21 Å². The summed E-state index contributed by atoms with van der Waals surface area (Å²) in [6, 6.07) is 12.1. The van der Waals surface area contributed by atoms with Crippen LogP contribution in [-0.4, -0.2) is 76.7 Å². The van der Waals surface area contributed by atoms with Crippen molar-refractivity contribution >= 4 is 20.8 Å². The Kier molecular flexibility index (Phi) is 12.1. The Morgan fingerprint density at radius 3 is 2.18 bits per heavy atom. The average molecular weight is 670 g/mol.